The van der Waals surface area contributed by atoms with Gasteiger partial charge in [0.05, 0.1) is 16.8 Å². The molecule has 2 amide bonds. The van der Waals surface area contributed by atoms with E-state index >= 15 is 0 Å². The number of aromatic amines is 1. The maximum Gasteiger partial charge on any atom is 0.322 e. The maximum atomic E-state index is 13.4. The van der Waals surface area contributed by atoms with Crippen molar-refractivity contribution in [2.45, 2.75) is 19.4 Å². The molecule has 31 heavy (non-hydrogen) atoms. The Morgan fingerprint density at radius 3 is 2.61 bits per heavy atom. The minimum atomic E-state index is -0.238. The summed E-state index contributed by atoms with van der Waals surface area (Å²) in [6, 6.07) is 21.1. The number of aromatic nitrogens is 1. The Morgan fingerprint density at radius 1 is 1.06 bits per heavy atom. The van der Waals surface area contributed by atoms with E-state index in [1.54, 1.807) is 12.1 Å². The van der Waals surface area contributed by atoms with Crippen LogP contribution in [-0.4, -0.2) is 22.5 Å². The van der Waals surface area contributed by atoms with E-state index in [1.165, 1.54) is 11.1 Å². The summed E-state index contributed by atoms with van der Waals surface area (Å²) in [4.78, 5) is 18.8. The van der Waals surface area contributed by atoms with Crippen LogP contribution in [0.5, 0.6) is 0 Å². The number of nitrogens with one attached hydrogen (secondary N) is 2. The van der Waals surface area contributed by atoms with Gasteiger partial charge in [0.1, 0.15) is 0 Å². The van der Waals surface area contributed by atoms with Crippen molar-refractivity contribution < 1.29 is 4.79 Å². The number of amides is 2. The monoisotopic (exact) mass is 449 g/mol. The minimum Gasteiger partial charge on any atom is -0.356 e. The third kappa shape index (κ3) is 3.67. The van der Waals surface area contributed by atoms with Crippen molar-refractivity contribution in [3.63, 3.8) is 0 Å². The predicted octanol–water partition coefficient (Wildman–Crippen LogP) is 6.96. The molecule has 3 aromatic carbocycles. The van der Waals surface area contributed by atoms with E-state index in [9.17, 15) is 4.79 Å². The Labute approximate surface area is 190 Å². The van der Waals surface area contributed by atoms with E-state index in [2.05, 4.69) is 41.5 Å². The number of H-pyrrole nitrogens is 1. The zero-order chi connectivity index (χ0) is 21.5. The van der Waals surface area contributed by atoms with E-state index in [0.29, 0.717) is 22.3 Å². The van der Waals surface area contributed by atoms with Crippen LogP contribution in [0.2, 0.25) is 10.0 Å². The molecule has 0 aliphatic carbocycles. The maximum absolute atomic E-state index is 13.4. The summed E-state index contributed by atoms with van der Waals surface area (Å²) >= 11 is 12.5. The van der Waals surface area contributed by atoms with E-state index < -0.39 is 0 Å². The number of urea groups is 1. The molecule has 1 aliphatic heterocycles. The van der Waals surface area contributed by atoms with Crippen LogP contribution >= 0.6 is 23.2 Å². The molecule has 6 heteroatoms. The average Bonchev–Trinajstić information content (AvgIpc) is 3.13. The summed E-state index contributed by atoms with van der Waals surface area (Å²) in [6.45, 7) is 2.64. The van der Waals surface area contributed by atoms with Gasteiger partial charge in [-0.3, -0.25) is 0 Å². The van der Waals surface area contributed by atoms with E-state index in [1.807, 2.05) is 35.2 Å². The Bertz CT molecular complexity index is 1280. The molecule has 1 aromatic heterocycles. The van der Waals surface area contributed by atoms with Gasteiger partial charge in [0, 0.05) is 28.2 Å². The number of nitrogens with zero attached hydrogens (tertiary/aromatic N) is 1. The molecule has 0 unspecified atom stereocenters. The molecule has 2 heterocycles. The fourth-order valence-electron chi connectivity index (χ4n) is 4.32. The number of aryl methyl sites for hydroxylation is 1. The van der Waals surface area contributed by atoms with Crippen LogP contribution in [0.1, 0.15) is 28.4 Å². The minimum absolute atomic E-state index is 0.180. The molecule has 0 bridgehead atoms. The molecule has 0 saturated heterocycles. The lowest BCUT2D eigenvalue weighted by atomic mass is 9.92. The Morgan fingerprint density at radius 2 is 1.84 bits per heavy atom. The Balaban J connectivity index is 1.60. The highest BCUT2D eigenvalue weighted by atomic mass is 35.5. The lowest BCUT2D eigenvalue weighted by Gasteiger charge is -2.36. The van der Waals surface area contributed by atoms with Crippen LogP contribution in [0.3, 0.4) is 0 Å². The van der Waals surface area contributed by atoms with Crippen LogP contribution in [0, 0.1) is 6.92 Å². The molecule has 5 rings (SSSR count). The van der Waals surface area contributed by atoms with E-state index in [0.717, 1.165) is 28.6 Å². The number of fused-ring (bicyclic) bond motifs is 3. The van der Waals surface area contributed by atoms with Crippen molar-refractivity contribution in [1.29, 1.82) is 0 Å². The van der Waals surface area contributed by atoms with Crippen LogP contribution in [0.4, 0.5) is 10.5 Å². The molecule has 1 aliphatic rings. The van der Waals surface area contributed by atoms with Crippen LogP contribution < -0.4 is 5.32 Å². The van der Waals surface area contributed by atoms with Gasteiger partial charge in [0.15, 0.2) is 0 Å². The summed E-state index contributed by atoms with van der Waals surface area (Å²) in [5.41, 5.74) is 6.10. The number of hydrogen-bond acceptors (Lipinski definition) is 1. The second-order valence-electron chi connectivity index (χ2n) is 7.87. The Kier molecular flexibility index (Phi) is 5.12. The van der Waals surface area contributed by atoms with Crippen molar-refractivity contribution in [3.8, 4) is 0 Å². The second kappa shape index (κ2) is 7.95. The summed E-state index contributed by atoms with van der Waals surface area (Å²) < 4.78 is 0. The van der Waals surface area contributed by atoms with Gasteiger partial charge in [-0.15, -0.1) is 0 Å². The van der Waals surface area contributed by atoms with Crippen molar-refractivity contribution in [1.82, 2.24) is 9.88 Å². The van der Waals surface area contributed by atoms with Gasteiger partial charge in [-0.05, 0) is 54.8 Å². The fourth-order valence-corrected chi connectivity index (χ4v) is 4.68. The summed E-state index contributed by atoms with van der Waals surface area (Å²) in [5, 5.41) is 5.32. The average molecular weight is 450 g/mol. The lowest BCUT2D eigenvalue weighted by molar-refractivity contribution is 0.193. The van der Waals surface area contributed by atoms with Crippen molar-refractivity contribution in [2.24, 2.45) is 0 Å². The predicted molar refractivity (Wildman–Crippen MR) is 127 cm³/mol. The van der Waals surface area contributed by atoms with Crippen molar-refractivity contribution >= 4 is 45.8 Å². The molecule has 4 aromatic rings. The number of carbonyl (C=O) groups excluding carboxylic acids is 1. The van der Waals surface area contributed by atoms with E-state index in [-0.39, 0.29) is 12.1 Å². The Hall–Kier alpha value is -2.95. The van der Waals surface area contributed by atoms with Gasteiger partial charge in [0.25, 0.3) is 0 Å². The number of halogens is 2. The standard InChI is InChI=1S/C25H21Cl2N3O/c1-15-6-8-16(9-7-15)24-23-18(19-14-17(26)10-11-21(19)28-23)12-13-30(24)25(31)29-22-5-3-2-4-20(22)27/h2-11,14,24,28H,12-13H2,1H3,(H,29,31)/t24-/m0/s1. The van der Waals surface area contributed by atoms with Crippen LogP contribution in [-0.2, 0) is 6.42 Å². The molecule has 156 valence electrons. The molecule has 0 radical (unpaired) electrons. The SMILES string of the molecule is Cc1ccc([C@H]2c3[nH]c4ccc(Cl)cc4c3CCN2C(=O)Nc2ccccc2Cl)cc1. The van der Waals surface area contributed by atoms with Gasteiger partial charge in [-0.1, -0.05) is 65.2 Å². The van der Waals surface area contributed by atoms with Gasteiger partial charge in [-0.25, -0.2) is 4.79 Å². The molecule has 4 nitrogen and oxygen atoms in total. The van der Waals surface area contributed by atoms with E-state index in [4.69, 9.17) is 23.2 Å². The third-order valence-corrected chi connectivity index (χ3v) is 6.42. The molecule has 0 saturated carbocycles. The first kappa shape index (κ1) is 20.0. The molecule has 0 fully saturated rings. The smallest absolute Gasteiger partial charge is 0.322 e. The first-order valence-corrected chi connectivity index (χ1v) is 11.0. The van der Waals surface area contributed by atoms with Gasteiger partial charge < -0.3 is 15.2 Å². The first-order valence-electron chi connectivity index (χ1n) is 10.2. The number of hydrogen-bond donors (Lipinski definition) is 2. The van der Waals surface area contributed by atoms with Crippen LogP contribution in [0.15, 0.2) is 66.7 Å². The zero-order valence-electron chi connectivity index (χ0n) is 17.0. The third-order valence-electron chi connectivity index (χ3n) is 5.86. The molecule has 0 spiro atoms. The largest absolute Gasteiger partial charge is 0.356 e. The molecule has 2 N–H and O–H groups in total. The first-order chi connectivity index (χ1) is 15.0. The number of benzene rings is 3. The number of anilines is 1. The topological polar surface area (TPSA) is 48.1 Å². The number of carbonyl (C=O) groups is 1. The molecular weight excluding hydrogens is 429 g/mol. The summed E-state index contributed by atoms with van der Waals surface area (Å²) in [6.07, 6.45) is 0.744. The van der Waals surface area contributed by atoms with Gasteiger partial charge in [-0.2, -0.15) is 0 Å². The zero-order valence-corrected chi connectivity index (χ0v) is 18.5. The normalized spacial score (nSPS) is 15.7. The van der Waals surface area contributed by atoms with Crippen LogP contribution in [0.25, 0.3) is 10.9 Å². The van der Waals surface area contributed by atoms with Gasteiger partial charge in [0.2, 0.25) is 0 Å². The molecule has 1 atom stereocenters. The highest BCUT2D eigenvalue weighted by molar-refractivity contribution is 6.33. The second-order valence-corrected chi connectivity index (χ2v) is 8.72. The van der Waals surface area contributed by atoms with Gasteiger partial charge >= 0.3 is 6.03 Å². The fraction of sp³-hybridized carbons (Fsp3) is 0.160. The number of para-hydroxylation sites is 1. The van der Waals surface area contributed by atoms with Crippen molar-refractivity contribution in [3.05, 3.63) is 99.2 Å². The lowest BCUT2D eigenvalue weighted by Crippen LogP contribution is -2.43. The number of rotatable bonds is 2. The summed E-state index contributed by atoms with van der Waals surface area (Å²) in [5.74, 6) is 0. The highest BCUT2D eigenvalue weighted by Crippen LogP contribution is 2.39. The quantitative estimate of drug-likeness (QED) is 0.341. The molecular formula is C25H21Cl2N3O. The summed E-state index contributed by atoms with van der Waals surface area (Å²) in [7, 11) is 0. The van der Waals surface area contributed by atoms with Crippen molar-refractivity contribution in [2.75, 3.05) is 11.9 Å². The highest BCUT2D eigenvalue weighted by Gasteiger charge is 2.34.